The van der Waals surface area contributed by atoms with E-state index in [4.69, 9.17) is 5.26 Å². The number of rotatable bonds is 6. The molecule has 1 aliphatic rings. The van der Waals surface area contributed by atoms with E-state index in [1.54, 1.807) is 41.7 Å². The van der Waals surface area contributed by atoms with E-state index >= 15 is 0 Å². The van der Waals surface area contributed by atoms with E-state index in [-0.39, 0.29) is 23.3 Å². The molecule has 3 aromatic rings. The van der Waals surface area contributed by atoms with Gasteiger partial charge in [0.1, 0.15) is 17.6 Å². The molecule has 31 heavy (non-hydrogen) atoms. The number of halogens is 1. The number of aromatic hydroxyl groups is 1. The summed E-state index contributed by atoms with van der Waals surface area (Å²) in [4.78, 5) is 18.6. The maximum Gasteiger partial charge on any atom is 0.254 e. The number of nitrogens with one attached hydrogen (secondary N) is 1. The van der Waals surface area contributed by atoms with Crippen molar-refractivity contribution in [2.45, 2.75) is 25.6 Å². The van der Waals surface area contributed by atoms with Gasteiger partial charge < -0.3 is 19.9 Å². The molecule has 0 spiro atoms. The van der Waals surface area contributed by atoms with Gasteiger partial charge in [0, 0.05) is 44.0 Å². The van der Waals surface area contributed by atoms with Crippen LogP contribution in [0.5, 0.6) is 5.75 Å². The molecule has 2 aromatic carbocycles. The number of carbonyl (C=O) groups is 1. The van der Waals surface area contributed by atoms with Gasteiger partial charge in [-0.15, -0.1) is 0 Å². The molecule has 1 aliphatic heterocycles. The van der Waals surface area contributed by atoms with Crippen molar-refractivity contribution in [3.05, 3.63) is 83.2 Å². The zero-order valence-corrected chi connectivity index (χ0v) is 16.8. The highest BCUT2D eigenvalue weighted by Gasteiger charge is 2.27. The van der Waals surface area contributed by atoms with Crippen molar-refractivity contribution >= 4 is 5.91 Å². The van der Waals surface area contributed by atoms with Gasteiger partial charge in [-0.25, -0.2) is 9.37 Å². The third-order valence-corrected chi connectivity index (χ3v) is 5.45. The smallest absolute Gasteiger partial charge is 0.254 e. The van der Waals surface area contributed by atoms with Crippen molar-refractivity contribution in [1.29, 1.82) is 5.26 Å². The predicted octanol–water partition coefficient (Wildman–Crippen LogP) is 2.65. The fraction of sp³-hybridized carbons (Fsp3) is 0.261. The van der Waals surface area contributed by atoms with Gasteiger partial charge in [-0.2, -0.15) is 5.26 Å². The average molecular weight is 419 g/mol. The van der Waals surface area contributed by atoms with Crippen LogP contribution in [0.3, 0.4) is 0 Å². The molecule has 1 aromatic heterocycles. The molecule has 0 radical (unpaired) electrons. The Morgan fingerprint density at radius 1 is 1.32 bits per heavy atom. The molecule has 7 nitrogen and oxygen atoms in total. The molecule has 8 heteroatoms. The van der Waals surface area contributed by atoms with Crippen LogP contribution in [-0.4, -0.2) is 44.6 Å². The second-order valence-corrected chi connectivity index (χ2v) is 7.61. The lowest BCUT2D eigenvalue weighted by Crippen LogP contribution is -2.35. The van der Waals surface area contributed by atoms with Crippen molar-refractivity contribution in [1.82, 2.24) is 19.8 Å². The predicted molar refractivity (Wildman–Crippen MR) is 112 cm³/mol. The summed E-state index contributed by atoms with van der Waals surface area (Å²) in [6, 6.07) is 13.0. The van der Waals surface area contributed by atoms with Gasteiger partial charge in [0.2, 0.25) is 0 Å². The van der Waals surface area contributed by atoms with Crippen LogP contribution in [0.2, 0.25) is 0 Å². The molecule has 1 amide bonds. The molecule has 4 rings (SSSR count). The number of nitriles is 1. The second-order valence-electron chi connectivity index (χ2n) is 7.61. The van der Waals surface area contributed by atoms with E-state index in [2.05, 4.69) is 10.3 Å². The van der Waals surface area contributed by atoms with Crippen LogP contribution >= 0.6 is 0 Å². The summed E-state index contributed by atoms with van der Waals surface area (Å²) in [7, 11) is 0. The van der Waals surface area contributed by atoms with E-state index in [1.165, 1.54) is 18.2 Å². The third kappa shape index (κ3) is 4.73. The van der Waals surface area contributed by atoms with Crippen molar-refractivity contribution in [3.63, 3.8) is 0 Å². The lowest BCUT2D eigenvalue weighted by molar-refractivity contribution is 0.0789. The first kappa shape index (κ1) is 20.6. The number of nitrogens with zero attached hydrogens (tertiary/aromatic N) is 4. The van der Waals surface area contributed by atoms with Crippen LogP contribution in [-0.2, 0) is 13.1 Å². The zero-order chi connectivity index (χ0) is 21.8. The monoisotopic (exact) mass is 419 g/mol. The Kier molecular flexibility index (Phi) is 5.96. The Labute approximate surface area is 179 Å². The highest BCUT2D eigenvalue weighted by molar-refractivity contribution is 5.94. The number of hydrogen-bond acceptors (Lipinski definition) is 5. The number of imidazole rings is 1. The molecule has 2 heterocycles. The Balaban J connectivity index is 1.34. The molecule has 1 saturated heterocycles. The van der Waals surface area contributed by atoms with Crippen molar-refractivity contribution < 1.29 is 14.3 Å². The second kappa shape index (κ2) is 8.98. The van der Waals surface area contributed by atoms with Gasteiger partial charge in [0.25, 0.3) is 5.91 Å². The maximum absolute atomic E-state index is 13.9. The van der Waals surface area contributed by atoms with Crippen molar-refractivity contribution in [3.8, 4) is 11.8 Å². The first-order valence-electron chi connectivity index (χ1n) is 10.0. The van der Waals surface area contributed by atoms with Crippen LogP contribution in [0, 0.1) is 17.1 Å². The fourth-order valence-electron chi connectivity index (χ4n) is 3.76. The van der Waals surface area contributed by atoms with E-state index in [1.807, 2.05) is 10.6 Å². The summed E-state index contributed by atoms with van der Waals surface area (Å²) in [5, 5.41) is 21.9. The summed E-state index contributed by atoms with van der Waals surface area (Å²) in [5.74, 6) is -0.537. The van der Waals surface area contributed by atoms with Gasteiger partial charge >= 0.3 is 0 Å². The quantitative estimate of drug-likeness (QED) is 0.641. The van der Waals surface area contributed by atoms with Crippen molar-refractivity contribution in [2.24, 2.45) is 0 Å². The Bertz CT molecular complexity index is 1140. The first-order chi connectivity index (χ1) is 15.0. The number of carbonyl (C=O) groups excluding carboxylic acids is 1. The normalized spacial score (nSPS) is 15.7. The zero-order valence-electron chi connectivity index (χ0n) is 16.8. The van der Waals surface area contributed by atoms with Crippen LogP contribution in [0.15, 0.2) is 55.0 Å². The third-order valence-electron chi connectivity index (χ3n) is 5.45. The van der Waals surface area contributed by atoms with Gasteiger partial charge in [-0.3, -0.25) is 4.79 Å². The summed E-state index contributed by atoms with van der Waals surface area (Å²) in [5.41, 5.74) is 2.21. The number of benzene rings is 2. The minimum absolute atomic E-state index is 0.0299. The molecule has 1 atom stereocenters. The van der Waals surface area contributed by atoms with Gasteiger partial charge in [-0.05, 0) is 42.3 Å². The number of aromatic nitrogens is 2. The Morgan fingerprint density at radius 3 is 2.97 bits per heavy atom. The molecular formula is C23H22FN5O2. The standard InChI is InChI=1S/C23H22FN5O2/c24-22-8-16(4-5-18(22)10-25)13-29-15-26-11-20(29)12-27-19-6-7-28(14-19)23(31)17-2-1-3-21(30)9-17/h1-5,8-9,11,15,19,27,30H,6-7,12-14H2/t19-/m1/s1. The van der Waals surface area contributed by atoms with E-state index < -0.39 is 5.82 Å². The van der Waals surface area contributed by atoms with Gasteiger partial charge in [-0.1, -0.05) is 12.1 Å². The summed E-state index contributed by atoms with van der Waals surface area (Å²) < 4.78 is 15.8. The molecule has 0 aliphatic carbocycles. The lowest BCUT2D eigenvalue weighted by atomic mass is 10.1. The molecule has 158 valence electrons. The molecule has 0 bridgehead atoms. The molecule has 1 fully saturated rings. The Morgan fingerprint density at radius 2 is 2.19 bits per heavy atom. The van der Waals surface area contributed by atoms with E-state index in [0.717, 1.165) is 17.7 Å². The minimum Gasteiger partial charge on any atom is -0.508 e. The van der Waals surface area contributed by atoms with Crippen LogP contribution in [0.4, 0.5) is 4.39 Å². The average Bonchev–Trinajstić information content (AvgIpc) is 3.41. The minimum atomic E-state index is -0.526. The van der Waals surface area contributed by atoms with E-state index in [0.29, 0.717) is 31.7 Å². The topological polar surface area (TPSA) is 94.2 Å². The first-order valence-corrected chi connectivity index (χ1v) is 10.0. The molecule has 0 unspecified atom stereocenters. The van der Waals surface area contributed by atoms with Gasteiger partial charge in [0.15, 0.2) is 0 Å². The molecular weight excluding hydrogens is 397 g/mol. The SMILES string of the molecule is N#Cc1ccc(Cn2cncc2CN[C@@H]2CCN(C(=O)c3cccc(O)c3)C2)cc1F. The van der Waals surface area contributed by atoms with E-state index in [9.17, 15) is 14.3 Å². The molecule has 0 saturated carbocycles. The summed E-state index contributed by atoms with van der Waals surface area (Å²) in [6.45, 7) is 2.25. The number of phenolic OH excluding ortho intramolecular Hbond substituents is 1. The maximum atomic E-state index is 13.9. The highest BCUT2D eigenvalue weighted by Crippen LogP contribution is 2.18. The number of likely N-dealkylation sites (tertiary alicyclic amines) is 1. The highest BCUT2D eigenvalue weighted by atomic mass is 19.1. The molecule has 2 N–H and O–H groups in total. The summed E-state index contributed by atoms with van der Waals surface area (Å²) >= 11 is 0. The van der Waals surface area contributed by atoms with Crippen LogP contribution < -0.4 is 5.32 Å². The lowest BCUT2D eigenvalue weighted by Gasteiger charge is -2.18. The number of amides is 1. The van der Waals surface area contributed by atoms with Crippen LogP contribution in [0.25, 0.3) is 0 Å². The fourth-order valence-corrected chi connectivity index (χ4v) is 3.76. The number of phenols is 1. The van der Waals surface area contributed by atoms with Crippen LogP contribution in [0.1, 0.15) is 33.6 Å². The largest absolute Gasteiger partial charge is 0.508 e. The number of hydrogen-bond donors (Lipinski definition) is 2. The van der Waals surface area contributed by atoms with Crippen molar-refractivity contribution in [2.75, 3.05) is 13.1 Å². The van der Waals surface area contributed by atoms with Gasteiger partial charge in [0.05, 0.1) is 17.6 Å². The Hall–Kier alpha value is -3.70. The summed E-state index contributed by atoms with van der Waals surface area (Å²) in [6.07, 6.45) is 4.29.